The number of aliphatic carboxylic acids is 1. The van der Waals surface area contributed by atoms with Crippen molar-refractivity contribution in [2.45, 2.75) is 41.0 Å². The summed E-state index contributed by atoms with van der Waals surface area (Å²) < 4.78 is 5.14. The van der Waals surface area contributed by atoms with Gasteiger partial charge in [0, 0.05) is 7.11 Å². The van der Waals surface area contributed by atoms with Gasteiger partial charge in [-0.25, -0.2) is 0 Å². The lowest BCUT2D eigenvalue weighted by Crippen LogP contribution is -2.51. The molecule has 0 radical (unpaired) electrons. The first-order chi connectivity index (χ1) is 6.76. The van der Waals surface area contributed by atoms with Crippen LogP contribution < -0.4 is 0 Å². The van der Waals surface area contributed by atoms with Crippen molar-refractivity contribution in [1.29, 1.82) is 0 Å². The maximum absolute atomic E-state index is 11.6. The molecule has 1 atom stereocenters. The molecule has 0 aliphatic rings. The molecule has 0 amide bonds. The molecule has 3 heteroatoms. The van der Waals surface area contributed by atoms with E-state index in [1.165, 1.54) is 0 Å². The molecule has 0 aliphatic heterocycles. The first kappa shape index (κ1) is 14.4. The number of hydrogen-bond donors (Lipinski definition) is 1. The molecule has 0 fully saturated rings. The number of carbonyl (C=O) groups is 1. The SMILES string of the molecule is CCC(C)(C)C(COC)(C(=O)O)C(C)C. The molecule has 3 nitrogen and oxygen atoms in total. The van der Waals surface area contributed by atoms with Gasteiger partial charge in [-0.05, 0) is 17.8 Å². The molecule has 0 bridgehead atoms. The van der Waals surface area contributed by atoms with E-state index in [1.54, 1.807) is 7.11 Å². The highest BCUT2D eigenvalue weighted by Gasteiger charge is 2.52. The monoisotopic (exact) mass is 216 g/mol. The van der Waals surface area contributed by atoms with Gasteiger partial charge in [0.15, 0.2) is 0 Å². The Hall–Kier alpha value is -0.570. The predicted molar refractivity (Wildman–Crippen MR) is 60.9 cm³/mol. The van der Waals surface area contributed by atoms with E-state index < -0.39 is 11.4 Å². The lowest BCUT2D eigenvalue weighted by molar-refractivity contribution is -0.169. The average Bonchev–Trinajstić information content (AvgIpc) is 2.12. The van der Waals surface area contributed by atoms with Gasteiger partial charge >= 0.3 is 5.97 Å². The Labute approximate surface area is 92.8 Å². The summed E-state index contributed by atoms with van der Waals surface area (Å²) in [5, 5.41) is 9.51. The molecular formula is C12H24O3. The van der Waals surface area contributed by atoms with Crippen LogP contribution in [0.5, 0.6) is 0 Å². The Morgan fingerprint density at radius 1 is 1.40 bits per heavy atom. The van der Waals surface area contributed by atoms with Crippen molar-refractivity contribution in [3.63, 3.8) is 0 Å². The van der Waals surface area contributed by atoms with Crippen molar-refractivity contribution in [3.05, 3.63) is 0 Å². The fourth-order valence-corrected chi connectivity index (χ4v) is 2.28. The largest absolute Gasteiger partial charge is 0.481 e. The quantitative estimate of drug-likeness (QED) is 0.742. The first-order valence-corrected chi connectivity index (χ1v) is 5.48. The van der Waals surface area contributed by atoms with E-state index in [0.29, 0.717) is 0 Å². The van der Waals surface area contributed by atoms with Gasteiger partial charge in [-0.15, -0.1) is 0 Å². The van der Waals surface area contributed by atoms with Crippen LogP contribution in [0.4, 0.5) is 0 Å². The Balaban J connectivity index is 5.41. The second kappa shape index (κ2) is 4.97. The molecule has 15 heavy (non-hydrogen) atoms. The van der Waals surface area contributed by atoms with Gasteiger partial charge in [-0.3, -0.25) is 4.79 Å². The molecule has 0 saturated carbocycles. The van der Waals surface area contributed by atoms with Crippen molar-refractivity contribution >= 4 is 5.97 Å². The fraction of sp³-hybridized carbons (Fsp3) is 0.917. The number of hydrogen-bond acceptors (Lipinski definition) is 2. The van der Waals surface area contributed by atoms with Gasteiger partial charge in [0.2, 0.25) is 0 Å². The van der Waals surface area contributed by atoms with Crippen molar-refractivity contribution in [2.75, 3.05) is 13.7 Å². The topological polar surface area (TPSA) is 46.5 Å². The number of methoxy groups -OCH3 is 1. The average molecular weight is 216 g/mol. The van der Waals surface area contributed by atoms with Crippen LogP contribution in [-0.2, 0) is 9.53 Å². The maximum atomic E-state index is 11.6. The van der Waals surface area contributed by atoms with Crippen LogP contribution in [0.15, 0.2) is 0 Å². The Bertz CT molecular complexity index is 221. The number of rotatable bonds is 6. The first-order valence-electron chi connectivity index (χ1n) is 5.48. The zero-order chi connectivity index (χ0) is 12.3. The van der Waals surface area contributed by atoms with Crippen molar-refractivity contribution in [2.24, 2.45) is 16.7 Å². The lowest BCUT2D eigenvalue weighted by Gasteiger charge is -2.45. The van der Waals surface area contributed by atoms with E-state index in [0.717, 1.165) is 6.42 Å². The van der Waals surface area contributed by atoms with Gasteiger partial charge in [0.25, 0.3) is 0 Å². The molecular weight excluding hydrogens is 192 g/mol. The highest BCUT2D eigenvalue weighted by atomic mass is 16.5. The summed E-state index contributed by atoms with van der Waals surface area (Å²) in [4.78, 5) is 11.6. The highest BCUT2D eigenvalue weighted by Crippen LogP contribution is 2.47. The summed E-state index contributed by atoms with van der Waals surface area (Å²) in [5.74, 6) is -0.712. The molecule has 0 aliphatic carbocycles. The minimum atomic E-state index is -0.809. The predicted octanol–water partition coefficient (Wildman–Crippen LogP) is 2.80. The van der Waals surface area contributed by atoms with Crippen LogP contribution in [0, 0.1) is 16.7 Å². The summed E-state index contributed by atoms with van der Waals surface area (Å²) in [6.07, 6.45) is 0.820. The third kappa shape index (κ3) is 2.33. The number of ether oxygens (including phenoxy) is 1. The minimum Gasteiger partial charge on any atom is -0.481 e. The van der Waals surface area contributed by atoms with E-state index in [4.69, 9.17) is 4.74 Å². The standard InChI is InChI=1S/C12H24O3/c1-7-11(4,5)12(8-15-6,9(2)3)10(13)14/h9H,7-8H2,1-6H3,(H,13,14). The van der Waals surface area contributed by atoms with Gasteiger partial charge in [0.1, 0.15) is 0 Å². The zero-order valence-electron chi connectivity index (χ0n) is 10.8. The van der Waals surface area contributed by atoms with Crippen molar-refractivity contribution in [1.82, 2.24) is 0 Å². The van der Waals surface area contributed by atoms with Crippen LogP contribution >= 0.6 is 0 Å². The molecule has 0 heterocycles. The van der Waals surface area contributed by atoms with Crippen molar-refractivity contribution in [3.8, 4) is 0 Å². The van der Waals surface area contributed by atoms with Crippen LogP contribution in [0.1, 0.15) is 41.0 Å². The van der Waals surface area contributed by atoms with Gasteiger partial charge in [0.05, 0.1) is 12.0 Å². The molecule has 0 rings (SSSR count). The van der Waals surface area contributed by atoms with Crippen LogP contribution in [-0.4, -0.2) is 24.8 Å². The normalized spacial score (nSPS) is 16.5. The van der Waals surface area contributed by atoms with E-state index in [9.17, 15) is 9.90 Å². The Morgan fingerprint density at radius 2 is 1.87 bits per heavy atom. The molecule has 0 saturated heterocycles. The zero-order valence-corrected chi connectivity index (χ0v) is 10.8. The highest BCUT2D eigenvalue weighted by molar-refractivity contribution is 5.76. The fourth-order valence-electron chi connectivity index (χ4n) is 2.28. The summed E-state index contributed by atoms with van der Waals surface area (Å²) >= 11 is 0. The van der Waals surface area contributed by atoms with Crippen LogP contribution in [0.25, 0.3) is 0 Å². The molecule has 0 aromatic heterocycles. The smallest absolute Gasteiger partial charge is 0.312 e. The number of carboxylic acid groups (broad SMARTS) is 1. The second-order valence-corrected chi connectivity index (χ2v) is 5.10. The van der Waals surface area contributed by atoms with Gasteiger partial charge < -0.3 is 9.84 Å². The van der Waals surface area contributed by atoms with E-state index in [2.05, 4.69) is 0 Å². The summed E-state index contributed by atoms with van der Waals surface area (Å²) in [7, 11) is 1.56. The summed E-state index contributed by atoms with van der Waals surface area (Å²) in [6.45, 7) is 10.2. The molecule has 1 N–H and O–H groups in total. The molecule has 0 aromatic rings. The van der Waals surface area contributed by atoms with E-state index in [-0.39, 0.29) is 17.9 Å². The molecule has 90 valence electrons. The third-order valence-electron chi connectivity index (χ3n) is 3.83. The van der Waals surface area contributed by atoms with Crippen LogP contribution in [0.3, 0.4) is 0 Å². The van der Waals surface area contributed by atoms with Crippen molar-refractivity contribution < 1.29 is 14.6 Å². The number of carboxylic acids is 1. The minimum absolute atomic E-state index is 0.0462. The third-order valence-corrected chi connectivity index (χ3v) is 3.83. The van der Waals surface area contributed by atoms with E-state index >= 15 is 0 Å². The Kier molecular flexibility index (Phi) is 4.78. The molecule has 0 spiro atoms. The molecule has 1 unspecified atom stereocenters. The van der Waals surface area contributed by atoms with E-state index in [1.807, 2.05) is 34.6 Å². The Morgan fingerprint density at radius 3 is 2.07 bits per heavy atom. The lowest BCUT2D eigenvalue weighted by atomic mass is 9.59. The summed E-state index contributed by atoms with van der Waals surface area (Å²) in [6, 6.07) is 0. The molecule has 0 aromatic carbocycles. The maximum Gasteiger partial charge on any atom is 0.312 e. The van der Waals surface area contributed by atoms with Crippen LogP contribution in [0.2, 0.25) is 0 Å². The second-order valence-electron chi connectivity index (χ2n) is 5.10. The van der Waals surface area contributed by atoms with Gasteiger partial charge in [-0.1, -0.05) is 34.6 Å². The summed E-state index contributed by atoms with van der Waals surface area (Å²) in [5.41, 5.74) is -1.08. The van der Waals surface area contributed by atoms with Gasteiger partial charge in [-0.2, -0.15) is 0 Å².